The van der Waals surface area contributed by atoms with Crippen molar-refractivity contribution >= 4 is 10.1 Å². The van der Waals surface area contributed by atoms with Gasteiger partial charge in [0.05, 0.1) is 11.5 Å². The lowest BCUT2D eigenvalue weighted by Crippen LogP contribution is -2.25. The summed E-state index contributed by atoms with van der Waals surface area (Å²) in [5.41, 5.74) is 0.897. The molecule has 0 aliphatic heterocycles. The van der Waals surface area contributed by atoms with E-state index in [4.69, 9.17) is 8.92 Å². The van der Waals surface area contributed by atoms with Crippen molar-refractivity contribution in [2.45, 2.75) is 17.9 Å². The molecule has 5 nitrogen and oxygen atoms in total. The molecule has 0 unspecified atom stereocenters. The molecule has 0 bridgehead atoms. The molecule has 2 aromatic carbocycles. The molecule has 0 saturated carbocycles. The van der Waals surface area contributed by atoms with Gasteiger partial charge in [0, 0.05) is 6.07 Å². The average Bonchev–Trinajstić information content (AvgIpc) is 2.54. The van der Waals surface area contributed by atoms with E-state index in [0.717, 1.165) is 17.7 Å². The number of halogens is 2. The van der Waals surface area contributed by atoms with Crippen LogP contribution in [-0.2, 0) is 14.3 Å². The van der Waals surface area contributed by atoms with Gasteiger partial charge >= 0.3 is 0 Å². The summed E-state index contributed by atoms with van der Waals surface area (Å²) >= 11 is 0. The van der Waals surface area contributed by atoms with Gasteiger partial charge in [-0.1, -0.05) is 17.7 Å². The second-order valence-corrected chi connectivity index (χ2v) is 6.71. The summed E-state index contributed by atoms with van der Waals surface area (Å²) in [6.07, 6.45) is -1.27. The number of benzene rings is 2. The minimum atomic E-state index is -3.99. The van der Waals surface area contributed by atoms with Crippen LogP contribution >= 0.6 is 0 Å². The van der Waals surface area contributed by atoms with Crippen molar-refractivity contribution in [3.05, 3.63) is 59.7 Å². The molecule has 24 heavy (non-hydrogen) atoms. The van der Waals surface area contributed by atoms with Crippen molar-refractivity contribution in [2.75, 3.05) is 13.2 Å². The normalized spacial score (nSPS) is 12.8. The van der Waals surface area contributed by atoms with E-state index in [9.17, 15) is 22.3 Å². The van der Waals surface area contributed by atoms with Crippen LogP contribution in [0.5, 0.6) is 5.75 Å². The SMILES string of the molecule is Cc1ccc(S(=O)(=O)OC[C@@H](O)COc2ccc(F)c(F)c2)cc1. The molecule has 0 aliphatic rings. The van der Waals surface area contributed by atoms with Gasteiger partial charge in [0.2, 0.25) is 0 Å². The first-order valence-electron chi connectivity index (χ1n) is 7.00. The fraction of sp³-hybridized carbons (Fsp3) is 0.250. The molecule has 2 rings (SSSR count). The molecular weight excluding hydrogens is 342 g/mol. The van der Waals surface area contributed by atoms with E-state index in [2.05, 4.69) is 0 Å². The molecule has 8 heteroatoms. The maximum absolute atomic E-state index is 13.0. The van der Waals surface area contributed by atoms with Crippen molar-refractivity contribution in [1.82, 2.24) is 0 Å². The summed E-state index contributed by atoms with van der Waals surface area (Å²) in [7, 11) is -3.99. The molecule has 2 aromatic rings. The van der Waals surface area contributed by atoms with Crippen molar-refractivity contribution < 1.29 is 31.2 Å². The third kappa shape index (κ3) is 4.98. The molecule has 0 heterocycles. The highest BCUT2D eigenvalue weighted by atomic mass is 32.2. The Morgan fingerprint density at radius 3 is 2.33 bits per heavy atom. The largest absolute Gasteiger partial charge is 0.491 e. The van der Waals surface area contributed by atoms with E-state index in [1.807, 2.05) is 6.92 Å². The van der Waals surface area contributed by atoms with Gasteiger partial charge in [-0.25, -0.2) is 8.78 Å². The molecule has 0 fully saturated rings. The van der Waals surface area contributed by atoms with Crippen LogP contribution in [-0.4, -0.2) is 32.8 Å². The summed E-state index contributed by atoms with van der Waals surface area (Å²) in [5.74, 6) is -2.09. The van der Waals surface area contributed by atoms with Crippen molar-refractivity contribution in [1.29, 1.82) is 0 Å². The maximum Gasteiger partial charge on any atom is 0.297 e. The zero-order valence-electron chi connectivity index (χ0n) is 12.8. The number of aliphatic hydroxyl groups excluding tert-OH is 1. The van der Waals surface area contributed by atoms with E-state index in [1.54, 1.807) is 12.1 Å². The number of rotatable bonds is 7. The fourth-order valence-corrected chi connectivity index (χ4v) is 2.69. The van der Waals surface area contributed by atoms with Crippen LogP contribution in [0.15, 0.2) is 47.4 Å². The summed E-state index contributed by atoms with van der Waals surface area (Å²) in [6, 6.07) is 8.94. The molecule has 1 atom stereocenters. The van der Waals surface area contributed by atoms with Crippen LogP contribution in [0, 0.1) is 18.6 Å². The summed E-state index contributed by atoms with van der Waals surface area (Å²) in [6.45, 7) is 0.949. The van der Waals surface area contributed by atoms with Gasteiger partial charge in [0.25, 0.3) is 10.1 Å². The third-order valence-electron chi connectivity index (χ3n) is 3.06. The summed E-state index contributed by atoms with van der Waals surface area (Å²) in [4.78, 5) is -0.0261. The first-order valence-corrected chi connectivity index (χ1v) is 8.41. The van der Waals surface area contributed by atoms with Crippen LogP contribution in [0.3, 0.4) is 0 Å². The molecule has 130 valence electrons. The summed E-state index contributed by atoms with van der Waals surface area (Å²) < 4.78 is 59.5. The monoisotopic (exact) mass is 358 g/mol. The predicted octanol–water partition coefficient (Wildman–Crippen LogP) is 2.42. The lowest BCUT2D eigenvalue weighted by atomic mass is 10.2. The Labute approximate surface area is 138 Å². The van der Waals surface area contributed by atoms with Crippen LogP contribution < -0.4 is 4.74 Å². The number of hydrogen-bond acceptors (Lipinski definition) is 5. The van der Waals surface area contributed by atoms with Crippen molar-refractivity contribution in [2.24, 2.45) is 0 Å². The number of aryl methyl sites for hydroxylation is 1. The molecule has 0 saturated heterocycles. The third-order valence-corrected chi connectivity index (χ3v) is 4.35. The topological polar surface area (TPSA) is 72.8 Å². The van der Waals surface area contributed by atoms with Gasteiger partial charge in [-0.2, -0.15) is 8.42 Å². The van der Waals surface area contributed by atoms with Crippen LogP contribution in [0.2, 0.25) is 0 Å². The maximum atomic E-state index is 13.0. The zero-order valence-corrected chi connectivity index (χ0v) is 13.6. The molecule has 0 amide bonds. The highest BCUT2D eigenvalue weighted by Crippen LogP contribution is 2.16. The van der Waals surface area contributed by atoms with E-state index in [-0.39, 0.29) is 17.3 Å². The average molecular weight is 358 g/mol. The smallest absolute Gasteiger partial charge is 0.297 e. The minimum absolute atomic E-state index is 0.00865. The highest BCUT2D eigenvalue weighted by Gasteiger charge is 2.18. The molecule has 0 aliphatic carbocycles. The van der Waals surface area contributed by atoms with Gasteiger partial charge in [-0.15, -0.1) is 0 Å². The Bertz CT molecular complexity index is 791. The summed E-state index contributed by atoms with van der Waals surface area (Å²) in [5, 5.41) is 9.71. The Morgan fingerprint density at radius 2 is 1.71 bits per heavy atom. The van der Waals surface area contributed by atoms with E-state index < -0.39 is 34.5 Å². The van der Waals surface area contributed by atoms with Gasteiger partial charge in [-0.05, 0) is 31.2 Å². The zero-order chi connectivity index (χ0) is 17.7. The van der Waals surface area contributed by atoms with Gasteiger partial charge in [0.15, 0.2) is 11.6 Å². The quantitative estimate of drug-likeness (QED) is 0.770. The fourth-order valence-electron chi connectivity index (χ4n) is 1.75. The molecule has 0 spiro atoms. The number of ether oxygens (including phenoxy) is 1. The van der Waals surface area contributed by atoms with Crippen LogP contribution in [0.1, 0.15) is 5.56 Å². The van der Waals surface area contributed by atoms with Crippen LogP contribution in [0.4, 0.5) is 8.78 Å². The molecule has 0 aromatic heterocycles. The minimum Gasteiger partial charge on any atom is -0.491 e. The lowest BCUT2D eigenvalue weighted by Gasteiger charge is -2.13. The predicted molar refractivity (Wildman–Crippen MR) is 82.2 cm³/mol. The van der Waals surface area contributed by atoms with E-state index in [0.29, 0.717) is 0 Å². The van der Waals surface area contributed by atoms with E-state index >= 15 is 0 Å². The number of hydrogen-bond donors (Lipinski definition) is 1. The van der Waals surface area contributed by atoms with E-state index in [1.165, 1.54) is 18.2 Å². The van der Waals surface area contributed by atoms with Gasteiger partial charge in [0.1, 0.15) is 18.5 Å². The first kappa shape index (κ1) is 18.3. The van der Waals surface area contributed by atoms with Gasteiger partial charge in [-0.3, -0.25) is 4.18 Å². The molecular formula is C16H16F2O5S. The molecule has 1 N–H and O–H groups in total. The van der Waals surface area contributed by atoms with Crippen molar-refractivity contribution in [3.8, 4) is 5.75 Å². The Kier molecular flexibility index (Phi) is 5.87. The standard InChI is InChI=1S/C16H16F2O5S/c1-11-2-5-14(6-3-11)24(20,21)23-10-12(19)9-22-13-4-7-15(17)16(18)8-13/h2-8,12,19H,9-10H2,1H3/t12-/m0/s1. The van der Waals surface area contributed by atoms with Crippen molar-refractivity contribution in [3.63, 3.8) is 0 Å². The Balaban J connectivity index is 1.87. The molecule has 0 radical (unpaired) electrons. The van der Waals surface area contributed by atoms with Crippen LogP contribution in [0.25, 0.3) is 0 Å². The lowest BCUT2D eigenvalue weighted by molar-refractivity contribution is 0.0647. The Hall–Kier alpha value is -2.03. The van der Waals surface area contributed by atoms with Gasteiger partial charge < -0.3 is 9.84 Å². The number of aliphatic hydroxyl groups is 1. The second-order valence-electron chi connectivity index (χ2n) is 5.09. The first-order chi connectivity index (χ1) is 11.3. The Morgan fingerprint density at radius 1 is 1.04 bits per heavy atom. The second kappa shape index (κ2) is 7.69. The highest BCUT2D eigenvalue weighted by molar-refractivity contribution is 7.86.